The number of carbonyl (C=O) groups excluding carboxylic acids is 1. The number of aromatic nitrogens is 1. The molecule has 0 N–H and O–H groups in total. The Morgan fingerprint density at radius 3 is 2.19 bits per heavy atom. The summed E-state index contributed by atoms with van der Waals surface area (Å²) >= 11 is 0.591. The average molecular weight is 639 g/mol. The molecule has 0 bridgehead atoms. The van der Waals surface area contributed by atoms with Crippen LogP contribution >= 0.6 is 11.3 Å². The van der Waals surface area contributed by atoms with Gasteiger partial charge in [0.05, 0.1) is 26.2 Å². The molecule has 3 aromatic rings. The molecule has 228 valence electrons. The Bertz CT molecular complexity index is 1620. The summed E-state index contributed by atoms with van der Waals surface area (Å²) in [6.07, 6.45) is -14.0. The first kappa shape index (κ1) is 33.2. The van der Waals surface area contributed by atoms with E-state index in [4.69, 9.17) is 0 Å². The molecule has 1 aromatic carbocycles. The number of thiophene rings is 1. The Hall–Kier alpha value is -4.26. The fourth-order valence-electron chi connectivity index (χ4n) is 3.92. The third-order valence-electron chi connectivity index (χ3n) is 5.81. The Kier molecular flexibility index (Phi) is 10.0. The maximum absolute atomic E-state index is 14.2. The molecule has 4 nitrogen and oxygen atoms in total. The smallest absolute Gasteiger partial charge is 0.303 e. The molecule has 0 radical (unpaired) electrons. The van der Waals surface area contributed by atoms with Gasteiger partial charge in [-0.3, -0.25) is 9.18 Å². The second kappa shape index (κ2) is 12.9. The van der Waals surface area contributed by atoms with Gasteiger partial charge in [-0.15, -0.1) is 11.3 Å². The van der Waals surface area contributed by atoms with Crippen LogP contribution in [0, 0.1) is 23.0 Å². The zero-order valence-corrected chi connectivity index (χ0v) is 22.2. The lowest BCUT2D eigenvalue weighted by Crippen LogP contribution is -2.36. The van der Waals surface area contributed by atoms with E-state index in [1.165, 1.54) is 0 Å². The summed E-state index contributed by atoms with van der Waals surface area (Å²) in [6.45, 7) is -0.953. The number of benzene rings is 1. The Morgan fingerprint density at radius 1 is 0.977 bits per heavy atom. The molecule has 16 heteroatoms. The normalized spacial score (nSPS) is 14.3. The topological polar surface area (TPSA) is 57.0 Å². The standard InChI is InChI=1S/C26H13F10N3OS.CH3F/c27-15-2-1-12(17(28)8-15)11-39-22(26(34,35)36)9-16(14(10-37)7-23(39)40)20-4-3-19(41-20)13-5-18(24(29)30)38-21(6-13)25(31,32)33;1-2/h1-6,8-9,24H,7,11H2;1H3. The van der Waals surface area contributed by atoms with Crippen LogP contribution in [0.3, 0.4) is 0 Å². The van der Waals surface area contributed by atoms with Gasteiger partial charge in [-0.25, -0.2) is 22.5 Å². The van der Waals surface area contributed by atoms with Gasteiger partial charge in [0.1, 0.15) is 28.7 Å². The molecule has 0 unspecified atom stereocenters. The van der Waals surface area contributed by atoms with Crippen molar-refractivity contribution in [3.8, 4) is 16.5 Å². The molecule has 3 heterocycles. The molecule has 0 saturated carbocycles. The van der Waals surface area contributed by atoms with Gasteiger partial charge in [0.2, 0.25) is 5.91 Å². The number of carbonyl (C=O) groups is 1. The molecule has 1 amide bonds. The molecule has 0 spiro atoms. The highest BCUT2D eigenvalue weighted by Gasteiger charge is 2.42. The molecule has 0 aliphatic carbocycles. The zero-order valence-electron chi connectivity index (χ0n) is 21.4. The summed E-state index contributed by atoms with van der Waals surface area (Å²) in [5.74, 6) is -3.44. The number of pyridine rings is 1. The van der Waals surface area contributed by atoms with E-state index in [2.05, 4.69) is 4.98 Å². The molecule has 1 aliphatic heterocycles. The van der Waals surface area contributed by atoms with Crippen LogP contribution in [-0.4, -0.2) is 29.1 Å². The van der Waals surface area contributed by atoms with Gasteiger partial charge in [-0.1, -0.05) is 6.07 Å². The van der Waals surface area contributed by atoms with E-state index in [0.29, 0.717) is 42.8 Å². The zero-order chi connectivity index (χ0) is 32.3. The van der Waals surface area contributed by atoms with Crippen LogP contribution < -0.4 is 0 Å². The predicted octanol–water partition coefficient (Wildman–Crippen LogP) is 8.79. The minimum Gasteiger partial charge on any atom is -0.303 e. The maximum Gasteiger partial charge on any atom is 0.433 e. The molecule has 43 heavy (non-hydrogen) atoms. The molecule has 4 rings (SSSR count). The van der Waals surface area contributed by atoms with E-state index in [9.17, 15) is 58.4 Å². The number of allylic oxidation sites excluding steroid dienone is 3. The van der Waals surface area contributed by atoms with Crippen LogP contribution in [0.4, 0.5) is 48.3 Å². The summed E-state index contributed by atoms with van der Waals surface area (Å²) in [5, 5.41) is 9.65. The highest BCUT2D eigenvalue weighted by atomic mass is 32.1. The van der Waals surface area contributed by atoms with E-state index in [0.717, 1.165) is 24.3 Å². The fraction of sp³-hybridized carbons (Fsp3) is 0.222. The molecule has 1 aliphatic rings. The first-order valence-corrected chi connectivity index (χ1v) is 12.4. The van der Waals surface area contributed by atoms with Crippen LogP contribution in [0.25, 0.3) is 16.0 Å². The van der Waals surface area contributed by atoms with Crippen LogP contribution in [0.2, 0.25) is 0 Å². The lowest BCUT2D eigenvalue weighted by Gasteiger charge is -2.26. The van der Waals surface area contributed by atoms with Crippen LogP contribution in [-0.2, 0) is 17.5 Å². The summed E-state index contributed by atoms with van der Waals surface area (Å²) in [5.41, 5.74) is -5.99. The Balaban J connectivity index is 0.00000248. The number of amides is 1. The van der Waals surface area contributed by atoms with Crippen molar-refractivity contribution in [1.82, 2.24) is 9.88 Å². The number of hydrogen-bond donors (Lipinski definition) is 0. The van der Waals surface area contributed by atoms with E-state index in [-0.39, 0.29) is 20.2 Å². The quantitative estimate of drug-likeness (QED) is 0.262. The van der Waals surface area contributed by atoms with Crippen molar-refractivity contribution in [2.24, 2.45) is 0 Å². The van der Waals surface area contributed by atoms with Gasteiger partial charge in [0.25, 0.3) is 6.43 Å². The number of alkyl halides is 9. The van der Waals surface area contributed by atoms with Crippen molar-refractivity contribution in [3.05, 3.63) is 93.3 Å². The predicted molar refractivity (Wildman–Crippen MR) is 133 cm³/mol. The van der Waals surface area contributed by atoms with E-state index in [1.54, 1.807) is 6.07 Å². The molecular weight excluding hydrogens is 623 g/mol. The van der Waals surface area contributed by atoms with Gasteiger partial charge in [0.15, 0.2) is 0 Å². The lowest BCUT2D eigenvalue weighted by atomic mass is 10.0. The van der Waals surface area contributed by atoms with Crippen molar-refractivity contribution in [2.45, 2.75) is 31.7 Å². The van der Waals surface area contributed by atoms with E-state index in [1.807, 2.05) is 0 Å². The molecule has 2 aromatic heterocycles. The van der Waals surface area contributed by atoms with Crippen molar-refractivity contribution >= 4 is 22.8 Å². The lowest BCUT2D eigenvalue weighted by molar-refractivity contribution is -0.142. The van der Waals surface area contributed by atoms with Crippen molar-refractivity contribution in [3.63, 3.8) is 0 Å². The molecule has 0 atom stereocenters. The largest absolute Gasteiger partial charge is 0.433 e. The molecule has 0 fully saturated rings. The van der Waals surface area contributed by atoms with Crippen LogP contribution in [0.15, 0.2) is 59.8 Å². The summed E-state index contributed by atoms with van der Waals surface area (Å²) < 4.78 is 146. The monoisotopic (exact) mass is 639 g/mol. The molecule has 0 saturated heterocycles. The molecular formula is C27H16F11N3OS. The summed E-state index contributed by atoms with van der Waals surface area (Å²) in [7, 11) is 0.500. The second-order valence-electron chi connectivity index (χ2n) is 8.55. The Morgan fingerprint density at radius 2 is 1.63 bits per heavy atom. The number of hydrogen-bond acceptors (Lipinski definition) is 4. The van der Waals surface area contributed by atoms with Gasteiger partial charge < -0.3 is 4.90 Å². The van der Waals surface area contributed by atoms with Gasteiger partial charge >= 0.3 is 12.4 Å². The fourth-order valence-corrected chi connectivity index (χ4v) is 4.95. The summed E-state index contributed by atoms with van der Waals surface area (Å²) in [4.78, 5) is 15.8. The first-order chi connectivity index (χ1) is 20.1. The SMILES string of the molecule is CF.N#CC1=C(c2ccc(-c3cc(C(F)F)nc(C(F)(F)F)c3)s2)C=C(C(F)(F)F)N(Cc2ccc(F)cc2F)C(=O)C1. The number of nitriles is 1. The van der Waals surface area contributed by atoms with Gasteiger partial charge in [-0.05, 0) is 42.0 Å². The summed E-state index contributed by atoms with van der Waals surface area (Å²) in [6, 6.07) is 7.23. The van der Waals surface area contributed by atoms with Gasteiger partial charge in [0, 0.05) is 32.5 Å². The first-order valence-electron chi connectivity index (χ1n) is 11.6. The van der Waals surface area contributed by atoms with Crippen LogP contribution in [0.5, 0.6) is 0 Å². The highest BCUT2D eigenvalue weighted by molar-refractivity contribution is 7.16. The van der Waals surface area contributed by atoms with E-state index >= 15 is 0 Å². The third kappa shape index (κ3) is 7.58. The van der Waals surface area contributed by atoms with E-state index < -0.39 is 83.1 Å². The number of rotatable bonds is 5. The average Bonchev–Trinajstić information content (AvgIpc) is 3.37. The van der Waals surface area contributed by atoms with Crippen molar-refractivity contribution in [1.29, 1.82) is 5.26 Å². The second-order valence-corrected chi connectivity index (χ2v) is 9.64. The van der Waals surface area contributed by atoms with Crippen molar-refractivity contribution < 1.29 is 53.1 Å². The van der Waals surface area contributed by atoms with Gasteiger partial charge in [-0.2, -0.15) is 31.6 Å². The van der Waals surface area contributed by atoms with Crippen molar-refractivity contribution in [2.75, 3.05) is 7.18 Å². The van der Waals surface area contributed by atoms with Crippen LogP contribution in [0.1, 0.15) is 34.7 Å². The number of nitrogens with zero attached hydrogens (tertiary/aromatic N) is 3. The number of halogens is 11. The Labute approximate surface area is 240 Å². The maximum atomic E-state index is 14.2. The highest BCUT2D eigenvalue weighted by Crippen LogP contribution is 2.42. The minimum atomic E-state index is -5.21. The minimum absolute atomic E-state index is 0.0673. The third-order valence-corrected chi connectivity index (χ3v) is 6.98.